The van der Waals surface area contributed by atoms with Crippen LogP contribution in [0.5, 0.6) is 0 Å². The van der Waals surface area contributed by atoms with Gasteiger partial charge < -0.3 is 15.4 Å². The Morgan fingerprint density at radius 3 is 2.84 bits per heavy atom. The molecule has 0 amide bonds. The third kappa shape index (κ3) is 5.62. The largest absolute Gasteiger partial charge is 0.495 e. The van der Waals surface area contributed by atoms with E-state index in [2.05, 4.69) is 38.3 Å². The first kappa shape index (κ1) is 24.8. The van der Waals surface area contributed by atoms with E-state index in [1.807, 2.05) is 6.07 Å². The molecule has 3 aliphatic rings. The fourth-order valence-corrected chi connectivity index (χ4v) is 4.68. The summed E-state index contributed by atoms with van der Waals surface area (Å²) in [5, 5.41) is 14.9. The van der Waals surface area contributed by atoms with Gasteiger partial charge in [-0.1, -0.05) is 23.6 Å². The maximum atomic E-state index is 13.6. The van der Waals surface area contributed by atoms with E-state index in [1.54, 1.807) is 6.07 Å². The quantitative estimate of drug-likeness (QED) is 0.424. The van der Waals surface area contributed by atoms with Crippen LogP contribution in [0, 0.1) is 29.1 Å². The van der Waals surface area contributed by atoms with Crippen LogP contribution in [0.1, 0.15) is 24.0 Å². The second-order valence-corrected chi connectivity index (χ2v) is 9.75. The van der Waals surface area contributed by atoms with Crippen molar-refractivity contribution < 1.29 is 13.5 Å². The lowest BCUT2D eigenvalue weighted by Gasteiger charge is -2.25. The number of hydrazine groups is 1. The van der Waals surface area contributed by atoms with Gasteiger partial charge in [0.1, 0.15) is 28.5 Å². The number of nitriles is 1. The smallest absolute Gasteiger partial charge is 0.261 e. The number of allylic oxidation sites excluding steroid dienone is 1. The standard InChI is InChI=1S/C25H23F2N7O2S/c1-36-20-13-29-18(24(26)27)9-17(20)16-10-21(34-7-6-15(11-28)8-23(34)35)30-12-19(16)31-25-33-32-22(37-25)5-4-14-2-3-14/h6-10,12-14,18,22,24-25,29,31-33H,2-3H2,1H3. The number of ether oxygens (including phenoxy) is 1. The molecule has 2 aliphatic heterocycles. The predicted octanol–water partition coefficient (Wildman–Crippen LogP) is 2.49. The molecule has 3 atom stereocenters. The van der Waals surface area contributed by atoms with Crippen molar-refractivity contribution in [3.63, 3.8) is 0 Å². The van der Waals surface area contributed by atoms with Crippen LogP contribution in [-0.2, 0) is 4.74 Å². The van der Waals surface area contributed by atoms with E-state index in [0.29, 0.717) is 28.5 Å². The highest BCUT2D eigenvalue weighted by Gasteiger charge is 2.28. The lowest BCUT2D eigenvalue weighted by atomic mass is 9.98. The molecule has 5 rings (SSSR count). The van der Waals surface area contributed by atoms with Gasteiger partial charge in [-0.05, 0) is 31.1 Å². The summed E-state index contributed by atoms with van der Waals surface area (Å²) in [6.45, 7) is 0. The van der Waals surface area contributed by atoms with E-state index in [4.69, 9.17) is 10.00 Å². The minimum atomic E-state index is -2.65. The highest BCUT2D eigenvalue weighted by atomic mass is 32.2. The molecule has 2 fully saturated rings. The highest BCUT2D eigenvalue weighted by Crippen LogP contribution is 2.35. The summed E-state index contributed by atoms with van der Waals surface area (Å²) in [6, 6.07) is 5.04. The minimum Gasteiger partial charge on any atom is -0.495 e. The maximum Gasteiger partial charge on any atom is 0.261 e. The van der Waals surface area contributed by atoms with Crippen molar-refractivity contribution in [1.82, 2.24) is 25.7 Å². The average molecular weight is 524 g/mol. The third-order valence-corrected chi connectivity index (χ3v) is 6.90. The number of dihydropyridines is 1. The predicted molar refractivity (Wildman–Crippen MR) is 136 cm³/mol. The molecule has 190 valence electrons. The number of hydrogen-bond donors (Lipinski definition) is 4. The van der Waals surface area contributed by atoms with Crippen molar-refractivity contribution in [3.8, 4) is 23.7 Å². The van der Waals surface area contributed by atoms with E-state index < -0.39 is 18.0 Å². The summed E-state index contributed by atoms with van der Waals surface area (Å²) in [4.78, 5) is 17.1. The van der Waals surface area contributed by atoms with Crippen LogP contribution in [0.15, 0.2) is 53.4 Å². The normalized spacial score (nSPS) is 22.7. The number of methoxy groups -OCH3 is 1. The van der Waals surface area contributed by atoms with Crippen molar-refractivity contribution in [2.24, 2.45) is 5.92 Å². The second-order valence-electron chi connectivity index (χ2n) is 8.54. The molecule has 37 heavy (non-hydrogen) atoms. The van der Waals surface area contributed by atoms with Gasteiger partial charge in [0.25, 0.3) is 12.0 Å². The molecule has 9 nitrogen and oxygen atoms in total. The number of thioether (sulfide) groups is 1. The first-order chi connectivity index (χ1) is 17.9. The molecule has 0 aromatic carbocycles. The van der Waals surface area contributed by atoms with Gasteiger partial charge in [0, 0.05) is 35.5 Å². The van der Waals surface area contributed by atoms with Gasteiger partial charge in [-0.2, -0.15) is 5.26 Å². The number of hydrogen-bond acceptors (Lipinski definition) is 9. The molecule has 0 radical (unpaired) electrons. The highest BCUT2D eigenvalue weighted by molar-refractivity contribution is 8.01. The monoisotopic (exact) mass is 523 g/mol. The van der Waals surface area contributed by atoms with E-state index in [0.717, 1.165) is 12.8 Å². The number of anilines is 1. The fourth-order valence-electron chi connectivity index (χ4n) is 3.81. The number of rotatable bonds is 6. The second kappa shape index (κ2) is 10.6. The first-order valence-electron chi connectivity index (χ1n) is 11.5. The molecule has 2 aromatic rings. The van der Waals surface area contributed by atoms with Gasteiger partial charge in [0.05, 0.1) is 30.6 Å². The van der Waals surface area contributed by atoms with Crippen LogP contribution in [0.3, 0.4) is 0 Å². The molecule has 0 spiro atoms. The van der Waals surface area contributed by atoms with Gasteiger partial charge in [-0.15, -0.1) is 0 Å². The Morgan fingerprint density at radius 2 is 2.14 bits per heavy atom. The third-order valence-electron chi connectivity index (χ3n) is 5.89. The molecule has 1 saturated heterocycles. The Bertz CT molecular complexity index is 1420. The number of alkyl halides is 2. The Kier molecular flexibility index (Phi) is 7.15. The topological polar surface area (TPSA) is 116 Å². The SMILES string of the molecule is COC1=CNC(C(F)F)C=C1c1cc(-n2ccc(C#N)cc2=O)ncc1NC1NNC(C#CC2CC2)S1. The molecule has 1 aliphatic carbocycles. The van der Waals surface area contributed by atoms with E-state index in [9.17, 15) is 13.6 Å². The van der Waals surface area contributed by atoms with Crippen molar-refractivity contribution in [3.05, 3.63) is 70.1 Å². The number of nitrogens with zero attached hydrogens (tertiary/aromatic N) is 3. The van der Waals surface area contributed by atoms with Crippen molar-refractivity contribution in [2.45, 2.75) is 36.2 Å². The van der Waals surface area contributed by atoms with Gasteiger partial charge in [0.15, 0.2) is 0 Å². The number of halogens is 2. The zero-order valence-electron chi connectivity index (χ0n) is 19.7. The Morgan fingerprint density at radius 1 is 1.30 bits per heavy atom. The molecule has 2 aromatic heterocycles. The molecular weight excluding hydrogens is 500 g/mol. The van der Waals surface area contributed by atoms with E-state index in [1.165, 1.54) is 60.2 Å². The minimum absolute atomic E-state index is 0.109. The van der Waals surface area contributed by atoms with Gasteiger partial charge in [-0.3, -0.25) is 9.36 Å². The average Bonchev–Trinajstić information content (AvgIpc) is 3.64. The van der Waals surface area contributed by atoms with Crippen LogP contribution in [-0.4, -0.2) is 40.0 Å². The lowest BCUT2D eigenvalue weighted by Crippen LogP contribution is -2.37. The number of pyridine rings is 2. The molecule has 12 heteroatoms. The Hall–Kier alpha value is -3.84. The van der Waals surface area contributed by atoms with Crippen LogP contribution < -0.4 is 27.0 Å². The summed E-state index contributed by atoms with van der Waals surface area (Å²) in [7, 11) is 1.45. The van der Waals surface area contributed by atoms with Crippen molar-refractivity contribution in [1.29, 1.82) is 5.26 Å². The van der Waals surface area contributed by atoms with Gasteiger partial charge in [0.2, 0.25) is 0 Å². The van der Waals surface area contributed by atoms with Crippen LogP contribution in [0.4, 0.5) is 14.5 Å². The van der Waals surface area contributed by atoms with Gasteiger partial charge in [-0.25, -0.2) is 24.6 Å². The van der Waals surface area contributed by atoms with Crippen molar-refractivity contribution in [2.75, 3.05) is 12.4 Å². The molecular formula is C25H23F2N7O2S. The summed E-state index contributed by atoms with van der Waals surface area (Å²) >= 11 is 1.53. The van der Waals surface area contributed by atoms with Crippen LogP contribution in [0.25, 0.3) is 11.4 Å². The number of nitrogens with one attached hydrogen (secondary N) is 4. The zero-order valence-corrected chi connectivity index (χ0v) is 20.5. The first-order valence-corrected chi connectivity index (χ1v) is 12.5. The molecule has 1 saturated carbocycles. The van der Waals surface area contributed by atoms with Crippen LogP contribution in [0.2, 0.25) is 0 Å². The van der Waals surface area contributed by atoms with Gasteiger partial charge >= 0.3 is 0 Å². The summed E-state index contributed by atoms with van der Waals surface area (Å²) in [6.07, 6.45) is 5.42. The molecule has 3 unspecified atom stereocenters. The Balaban J connectivity index is 1.52. The lowest BCUT2D eigenvalue weighted by molar-refractivity contribution is 0.122. The summed E-state index contributed by atoms with van der Waals surface area (Å²) in [5.41, 5.74) is 7.23. The zero-order chi connectivity index (χ0) is 25.9. The van der Waals surface area contributed by atoms with E-state index >= 15 is 0 Å². The summed E-state index contributed by atoms with van der Waals surface area (Å²) < 4.78 is 34.0. The molecule has 4 heterocycles. The molecule has 0 bridgehead atoms. The maximum absolute atomic E-state index is 13.6. The number of aromatic nitrogens is 2. The summed E-state index contributed by atoms with van der Waals surface area (Å²) in [5.74, 6) is 7.54. The molecule has 4 N–H and O–H groups in total. The Labute approximate surface area is 216 Å². The fraction of sp³-hybridized carbons (Fsp3) is 0.320. The van der Waals surface area contributed by atoms with Crippen molar-refractivity contribution >= 4 is 23.0 Å². The van der Waals surface area contributed by atoms with Crippen LogP contribution >= 0.6 is 11.8 Å². The van der Waals surface area contributed by atoms with E-state index in [-0.39, 0.29) is 22.3 Å².